The van der Waals surface area contributed by atoms with Crippen molar-refractivity contribution in [2.24, 2.45) is 0 Å². The van der Waals surface area contributed by atoms with Gasteiger partial charge in [0.05, 0.1) is 23.2 Å². The molecule has 0 bridgehead atoms. The maximum absolute atomic E-state index is 12.7. The van der Waals surface area contributed by atoms with Crippen LogP contribution in [0.2, 0.25) is 5.02 Å². The number of rotatable bonds is 3. The Hall–Kier alpha value is -2.07. The number of carbonyl (C=O) groups is 1. The van der Waals surface area contributed by atoms with Gasteiger partial charge in [-0.15, -0.1) is 0 Å². The van der Waals surface area contributed by atoms with Gasteiger partial charge in [-0.1, -0.05) is 23.7 Å². The van der Waals surface area contributed by atoms with E-state index in [2.05, 4.69) is 4.98 Å². The van der Waals surface area contributed by atoms with E-state index in [-0.39, 0.29) is 29.1 Å². The maximum Gasteiger partial charge on any atom is 0.227 e. The van der Waals surface area contributed by atoms with E-state index in [0.717, 1.165) is 37.1 Å². The third kappa shape index (κ3) is 3.64. The number of likely N-dealkylation sites (tertiary alicyclic amines) is 1. The highest BCUT2D eigenvalue weighted by Crippen LogP contribution is 2.30. The molecule has 1 aromatic carbocycles. The summed E-state index contributed by atoms with van der Waals surface area (Å²) in [5.74, 6) is 0.106. The Labute approximate surface area is 140 Å². The maximum atomic E-state index is 12.7. The number of carbonyl (C=O) groups excluding carboxylic acids is 1. The van der Waals surface area contributed by atoms with Gasteiger partial charge in [-0.25, -0.2) is 0 Å². The zero-order chi connectivity index (χ0) is 16.2. The number of phenols is 1. The van der Waals surface area contributed by atoms with Crippen LogP contribution in [0.5, 0.6) is 5.75 Å². The molecule has 4 nitrogen and oxygen atoms in total. The number of halogens is 1. The molecular formula is C18H19ClN2O2. The predicted molar refractivity (Wildman–Crippen MR) is 89.4 cm³/mol. The highest BCUT2D eigenvalue weighted by atomic mass is 35.5. The fourth-order valence-electron chi connectivity index (χ4n) is 3.05. The van der Waals surface area contributed by atoms with Gasteiger partial charge in [0.2, 0.25) is 5.91 Å². The summed E-state index contributed by atoms with van der Waals surface area (Å²) in [6.07, 6.45) is 5.12. The molecule has 120 valence electrons. The molecule has 0 saturated carbocycles. The Morgan fingerprint density at radius 3 is 2.91 bits per heavy atom. The molecule has 1 N–H and O–H groups in total. The molecule has 5 heteroatoms. The van der Waals surface area contributed by atoms with Gasteiger partial charge in [-0.2, -0.15) is 0 Å². The molecule has 0 aliphatic carbocycles. The summed E-state index contributed by atoms with van der Waals surface area (Å²) in [5, 5.41) is 9.76. The van der Waals surface area contributed by atoms with Crippen molar-refractivity contribution in [1.29, 1.82) is 0 Å². The van der Waals surface area contributed by atoms with Gasteiger partial charge in [0, 0.05) is 12.7 Å². The fourth-order valence-corrected chi connectivity index (χ4v) is 3.25. The van der Waals surface area contributed by atoms with Crippen molar-refractivity contribution >= 4 is 17.5 Å². The second-order valence-corrected chi connectivity index (χ2v) is 6.22. The number of piperidine rings is 1. The Kier molecular flexibility index (Phi) is 4.82. The standard InChI is InChI=1S/C18H19ClN2O2/c19-14-11-13(7-8-17(14)22)12-18(23)21-10-4-2-6-16(21)15-5-1-3-9-20-15/h1,3,5,7-9,11,16,22H,2,4,6,10,12H2/t16-/m1/s1. The van der Waals surface area contributed by atoms with Crippen LogP contribution < -0.4 is 0 Å². The van der Waals surface area contributed by atoms with Gasteiger partial charge < -0.3 is 10.0 Å². The Balaban J connectivity index is 1.77. The Bertz CT molecular complexity index is 691. The number of nitrogens with zero attached hydrogens (tertiary/aromatic N) is 2. The predicted octanol–water partition coefficient (Wildman–Crippen LogP) is 3.74. The summed E-state index contributed by atoms with van der Waals surface area (Å²) >= 11 is 5.92. The Morgan fingerprint density at radius 2 is 2.17 bits per heavy atom. The van der Waals surface area contributed by atoms with E-state index in [4.69, 9.17) is 11.6 Å². The quantitative estimate of drug-likeness (QED) is 0.932. The van der Waals surface area contributed by atoms with Crippen molar-refractivity contribution in [3.05, 3.63) is 58.9 Å². The van der Waals surface area contributed by atoms with Crippen LogP contribution in [0.3, 0.4) is 0 Å². The molecule has 0 unspecified atom stereocenters. The molecule has 1 amide bonds. The number of phenolic OH excluding ortho intramolecular Hbond substituents is 1. The summed E-state index contributed by atoms with van der Waals surface area (Å²) in [5.41, 5.74) is 1.76. The van der Waals surface area contributed by atoms with Gasteiger partial charge in [-0.3, -0.25) is 9.78 Å². The van der Waals surface area contributed by atoms with Crippen LogP contribution in [0, 0.1) is 0 Å². The van der Waals surface area contributed by atoms with Crippen LogP contribution in [0.4, 0.5) is 0 Å². The summed E-state index contributed by atoms with van der Waals surface area (Å²) in [6.45, 7) is 0.756. The van der Waals surface area contributed by atoms with Crippen LogP contribution in [0.25, 0.3) is 0 Å². The van der Waals surface area contributed by atoms with Gasteiger partial charge in [0.15, 0.2) is 0 Å². The lowest BCUT2D eigenvalue weighted by molar-refractivity contribution is -0.134. The molecule has 0 radical (unpaired) electrons. The van der Waals surface area contributed by atoms with Crippen LogP contribution in [0.15, 0.2) is 42.6 Å². The first-order chi connectivity index (χ1) is 11.1. The van der Waals surface area contributed by atoms with Crippen molar-refractivity contribution in [2.45, 2.75) is 31.7 Å². The molecular weight excluding hydrogens is 312 g/mol. The topological polar surface area (TPSA) is 53.4 Å². The molecule has 1 aliphatic rings. The summed E-state index contributed by atoms with van der Waals surface area (Å²) in [7, 11) is 0. The third-order valence-electron chi connectivity index (χ3n) is 4.22. The van der Waals surface area contributed by atoms with E-state index in [1.54, 1.807) is 18.3 Å². The van der Waals surface area contributed by atoms with E-state index in [0.29, 0.717) is 0 Å². The van der Waals surface area contributed by atoms with Gasteiger partial charge in [0.25, 0.3) is 0 Å². The molecule has 2 aromatic rings. The zero-order valence-corrected chi connectivity index (χ0v) is 13.5. The summed E-state index contributed by atoms with van der Waals surface area (Å²) < 4.78 is 0. The normalized spacial score (nSPS) is 18.0. The number of pyridine rings is 1. The molecule has 2 heterocycles. The minimum atomic E-state index is 0.0344. The van der Waals surface area contributed by atoms with Crippen molar-refractivity contribution in [2.75, 3.05) is 6.54 Å². The minimum Gasteiger partial charge on any atom is -0.506 e. The SMILES string of the molecule is O=C(Cc1ccc(O)c(Cl)c1)N1CCCC[C@@H]1c1ccccn1. The molecule has 1 aliphatic heterocycles. The molecule has 1 fully saturated rings. The average molecular weight is 331 g/mol. The van der Waals surface area contributed by atoms with E-state index < -0.39 is 0 Å². The molecule has 0 spiro atoms. The van der Waals surface area contributed by atoms with E-state index >= 15 is 0 Å². The van der Waals surface area contributed by atoms with Gasteiger partial charge >= 0.3 is 0 Å². The van der Waals surface area contributed by atoms with E-state index in [9.17, 15) is 9.90 Å². The fraction of sp³-hybridized carbons (Fsp3) is 0.333. The first-order valence-corrected chi connectivity index (χ1v) is 8.21. The monoisotopic (exact) mass is 330 g/mol. The molecule has 1 saturated heterocycles. The lowest BCUT2D eigenvalue weighted by Crippen LogP contribution is -2.39. The second kappa shape index (κ2) is 7.01. The largest absolute Gasteiger partial charge is 0.506 e. The summed E-state index contributed by atoms with van der Waals surface area (Å²) in [4.78, 5) is 19.1. The van der Waals surface area contributed by atoms with Crippen LogP contribution in [-0.4, -0.2) is 27.4 Å². The number of amides is 1. The van der Waals surface area contributed by atoms with Crippen LogP contribution in [-0.2, 0) is 11.2 Å². The van der Waals surface area contributed by atoms with Crippen molar-refractivity contribution in [1.82, 2.24) is 9.88 Å². The highest BCUT2D eigenvalue weighted by molar-refractivity contribution is 6.32. The lowest BCUT2D eigenvalue weighted by Gasteiger charge is -2.35. The molecule has 1 atom stereocenters. The van der Waals surface area contributed by atoms with E-state index in [1.165, 1.54) is 6.07 Å². The molecule has 23 heavy (non-hydrogen) atoms. The van der Waals surface area contributed by atoms with E-state index in [1.807, 2.05) is 23.1 Å². The first-order valence-electron chi connectivity index (χ1n) is 7.83. The van der Waals surface area contributed by atoms with Crippen molar-refractivity contribution in [3.8, 4) is 5.75 Å². The number of aromatic hydroxyl groups is 1. The van der Waals surface area contributed by atoms with Crippen molar-refractivity contribution in [3.63, 3.8) is 0 Å². The van der Waals surface area contributed by atoms with Crippen LogP contribution >= 0.6 is 11.6 Å². The van der Waals surface area contributed by atoms with Crippen molar-refractivity contribution < 1.29 is 9.90 Å². The second-order valence-electron chi connectivity index (χ2n) is 5.82. The third-order valence-corrected chi connectivity index (χ3v) is 4.52. The highest BCUT2D eigenvalue weighted by Gasteiger charge is 2.28. The minimum absolute atomic E-state index is 0.0344. The number of hydrogen-bond acceptors (Lipinski definition) is 3. The average Bonchev–Trinajstić information content (AvgIpc) is 2.59. The lowest BCUT2D eigenvalue weighted by atomic mass is 9.97. The molecule has 1 aromatic heterocycles. The Morgan fingerprint density at radius 1 is 1.30 bits per heavy atom. The number of aromatic nitrogens is 1. The number of benzene rings is 1. The van der Waals surface area contributed by atoms with Crippen LogP contribution in [0.1, 0.15) is 36.6 Å². The van der Waals surface area contributed by atoms with Gasteiger partial charge in [-0.05, 0) is 49.1 Å². The zero-order valence-electron chi connectivity index (χ0n) is 12.8. The number of hydrogen-bond donors (Lipinski definition) is 1. The molecule has 3 rings (SSSR count). The van der Waals surface area contributed by atoms with Gasteiger partial charge in [0.1, 0.15) is 5.75 Å². The first kappa shape index (κ1) is 15.8. The summed E-state index contributed by atoms with van der Waals surface area (Å²) in [6, 6.07) is 10.8. The smallest absolute Gasteiger partial charge is 0.227 e.